The number of nitrogens with one attached hydrogen (secondary N) is 1. The molecule has 1 saturated heterocycles. The lowest BCUT2D eigenvalue weighted by Crippen LogP contribution is -2.45. The second kappa shape index (κ2) is 6.51. The smallest absolute Gasteiger partial charge is 0.269 e. The second-order valence-electron chi connectivity index (χ2n) is 5.17. The largest absolute Gasteiger partial charge is 0.314 e. The lowest BCUT2D eigenvalue weighted by atomic mass is 10.0. The Kier molecular flexibility index (Phi) is 4.47. The van der Waals surface area contributed by atoms with Crippen molar-refractivity contribution in [3.05, 3.63) is 62.1 Å². The summed E-state index contributed by atoms with van der Waals surface area (Å²) in [4.78, 5) is 13.7. The molecule has 0 amide bonds. The van der Waals surface area contributed by atoms with Crippen LogP contribution in [0.15, 0.2) is 35.7 Å². The van der Waals surface area contributed by atoms with Crippen LogP contribution in [0.4, 0.5) is 10.1 Å². The van der Waals surface area contributed by atoms with Crippen LogP contribution in [-0.2, 0) is 0 Å². The molecule has 0 radical (unpaired) electrons. The van der Waals surface area contributed by atoms with Crippen molar-refractivity contribution in [2.24, 2.45) is 0 Å². The predicted molar refractivity (Wildman–Crippen MR) is 83.7 cm³/mol. The molecule has 116 valence electrons. The van der Waals surface area contributed by atoms with E-state index in [1.165, 1.54) is 18.2 Å². The summed E-state index contributed by atoms with van der Waals surface area (Å²) in [5.41, 5.74) is 0.298. The number of hydrogen-bond donors (Lipinski definition) is 1. The minimum absolute atomic E-state index is 0.0758. The highest BCUT2D eigenvalue weighted by molar-refractivity contribution is 7.10. The van der Waals surface area contributed by atoms with Gasteiger partial charge >= 0.3 is 0 Å². The van der Waals surface area contributed by atoms with Gasteiger partial charge in [0, 0.05) is 48.8 Å². The van der Waals surface area contributed by atoms with Crippen LogP contribution in [0.25, 0.3) is 0 Å². The summed E-state index contributed by atoms with van der Waals surface area (Å²) in [6, 6.07) is 7.36. The molecule has 1 atom stereocenters. The van der Waals surface area contributed by atoms with Gasteiger partial charge in [-0.25, -0.2) is 4.39 Å². The van der Waals surface area contributed by atoms with Crippen LogP contribution >= 0.6 is 11.3 Å². The number of non-ortho nitro benzene ring substituents is 1. The normalized spacial score (nSPS) is 17.3. The minimum atomic E-state index is -0.480. The third-order valence-electron chi connectivity index (χ3n) is 3.81. The van der Waals surface area contributed by atoms with Gasteiger partial charge in [0.15, 0.2) is 0 Å². The van der Waals surface area contributed by atoms with Crippen LogP contribution < -0.4 is 5.32 Å². The highest BCUT2D eigenvalue weighted by Gasteiger charge is 2.28. The maximum absolute atomic E-state index is 14.4. The summed E-state index contributed by atoms with van der Waals surface area (Å²) in [6.45, 7) is 3.23. The first-order chi connectivity index (χ1) is 10.7. The minimum Gasteiger partial charge on any atom is -0.314 e. The van der Waals surface area contributed by atoms with Crippen molar-refractivity contribution in [2.75, 3.05) is 26.2 Å². The van der Waals surface area contributed by atoms with Crippen molar-refractivity contribution in [1.82, 2.24) is 10.2 Å². The molecule has 3 rings (SSSR count). The van der Waals surface area contributed by atoms with Gasteiger partial charge in [-0.3, -0.25) is 15.0 Å². The van der Waals surface area contributed by atoms with Crippen LogP contribution in [0.5, 0.6) is 0 Å². The van der Waals surface area contributed by atoms with Crippen LogP contribution in [0.1, 0.15) is 16.5 Å². The Morgan fingerprint density at radius 3 is 2.73 bits per heavy atom. The standard InChI is InChI=1S/C15H16FN3O2S/c16-13-4-3-11(19(20)21)10-12(13)15(14-2-1-9-22-14)18-7-5-17-6-8-18/h1-4,9-10,15,17H,5-8H2/t15-/m0/s1. The van der Waals surface area contributed by atoms with Crippen molar-refractivity contribution < 1.29 is 9.31 Å². The maximum Gasteiger partial charge on any atom is 0.269 e. The monoisotopic (exact) mass is 321 g/mol. The zero-order valence-corrected chi connectivity index (χ0v) is 12.7. The molecule has 0 unspecified atom stereocenters. The van der Waals surface area contributed by atoms with Gasteiger partial charge in [-0.2, -0.15) is 0 Å². The summed E-state index contributed by atoms with van der Waals surface area (Å²) < 4.78 is 14.4. The van der Waals surface area contributed by atoms with Crippen LogP contribution in [-0.4, -0.2) is 36.0 Å². The number of nitro benzene ring substituents is 1. The Morgan fingerprint density at radius 1 is 1.32 bits per heavy atom. The summed E-state index contributed by atoms with van der Waals surface area (Å²) in [6.07, 6.45) is 0. The molecule has 2 aromatic rings. The van der Waals surface area contributed by atoms with Crippen LogP contribution in [0, 0.1) is 15.9 Å². The van der Waals surface area contributed by atoms with Crippen molar-refractivity contribution in [1.29, 1.82) is 0 Å². The molecule has 1 aliphatic heterocycles. The quantitative estimate of drug-likeness (QED) is 0.695. The number of benzene rings is 1. The SMILES string of the molecule is O=[N+]([O-])c1ccc(F)c([C@@H](c2cccs2)N2CCNCC2)c1. The topological polar surface area (TPSA) is 58.4 Å². The van der Waals surface area contributed by atoms with Gasteiger partial charge in [-0.15, -0.1) is 11.3 Å². The molecule has 2 heterocycles. The first-order valence-electron chi connectivity index (χ1n) is 7.09. The summed E-state index contributed by atoms with van der Waals surface area (Å²) in [5.74, 6) is -0.400. The molecule has 22 heavy (non-hydrogen) atoms. The van der Waals surface area contributed by atoms with Gasteiger partial charge in [-0.05, 0) is 17.5 Å². The van der Waals surface area contributed by atoms with E-state index < -0.39 is 10.7 Å². The molecule has 0 aliphatic carbocycles. The van der Waals surface area contributed by atoms with Gasteiger partial charge in [0.05, 0.1) is 11.0 Å². The molecule has 0 bridgehead atoms. The van der Waals surface area contributed by atoms with Gasteiger partial charge in [0.2, 0.25) is 0 Å². The van der Waals surface area contributed by atoms with E-state index in [0.717, 1.165) is 31.1 Å². The van der Waals surface area contributed by atoms with E-state index in [1.54, 1.807) is 11.3 Å². The highest BCUT2D eigenvalue weighted by atomic mass is 32.1. The molecule has 7 heteroatoms. The van der Waals surface area contributed by atoms with E-state index in [-0.39, 0.29) is 11.7 Å². The number of rotatable bonds is 4. The fourth-order valence-corrected chi connectivity index (χ4v) is 3.65. The Labute approximate surface area is 131 Å². The molecule has 5 nitrogen and oxygen atoms in total. The highest BCUT2D eigenvalue weighted by Crippen LogP contribution is 2.35. The Balaban J connectivity index is 2.05. The number of nitrogens with zero attached hydrogens (tertiary/aromatic N) is 2. The fourth-order valence-electron chi connectivity index (χ4n) is 2.77. The average Bonchev–Trinajstić information content (AvgIpc) is 3.04. The number of piperazine rings is 1. The van der Waals surface area contributed by atoms with Gasteiger partial charge in [-0.1, -0.05) is 6.07 Å². The van der Waals surface area contributed by atoms with E-state index in [9.17, 15) is 14.5 Å². The number of nitro groups is 1. The molecule has 1 aliphatic rings. The van der Waals surface area contributed by atoms with Gasteiger partial charge in [0.25, 0.3) is 5.69 Å². The predicted octanol–water partition coefficient (Wildman–Crippen LogP) is 2.79. The molecular formula is C15H16FN3O2S. The lowest BCUT2D eigenvalue weighted by molar-refractivity contribution is -0.385. The molecular weight excluding hydrogens is 305 g/mol. The number of halogens is 1. The van der Waals surface area contributed by atoms with E-state index in [0.29, 0.717) is 5.56 Å². The Morgan fingerprint density at radius 2 is 2.09 bits per heavy atom. The number of thiophene rings is 1. The van der Waals surface area contributed by atoms with E-state index in [1.807, 2.05) is 17.5 Å². The zero-order valence-electron chi connectivity index (χ0n) is 11.9. The van der Waals surface area contributed by atoms with Crippen molar-refractivity contribution in [3.63, 3.8) is 0 Å². The van der Waals surface area contributed by atoms with E-state index in [4.69, 9.17) is 0 Å². The maximum atomic E-state index is 14.4. The zero-order chi connectivity index (χ0) is 15.5. The first-order valence-corrected chi connectivity index (χ1v) is 7.97. The lowest BCUT2D eigenvalue weighted by Gasteiger charge is -2.34. The van der Waals surface area contributed by atoms with E-state index >= 15 is 0 Å². The van der Waals surface area contributed by atoms with Crippen LogP contribution in [0.3, 0.4) is 0 Å². The average molecular weight is 321 g/mol. The number of hydrogen-bond acceptors (Lipinski definition) is 5. The summed E-state index contributed by atoms with van der Waals surface area (Å²) in [7, 11) is 0. The van der Waals surface area contributed by atoms with Gasteiger partial charge < -0.3 is 5.32 Å². The van der Waals surface area contributed by atoms with E-state index in [2.05, 4.69) is 10.2 Å². The first kappa shape index (κ1) is 15.1. The molecule has 1 N–H and O–H groups in total. The third-order valence-corrected chi connectivity index (χ3v) is 4.74. The van der Waals surface area contributed by atoms with Crippen molar-refractivity contribution in [2.45, 2.75) is 6.04 Å². The molecule has 1 aromatic heterocycles. The van der Waals surface area contributed by atoms with Crippen molar-refractivity contribution in [3.8, 4) is 0 Å². The molecule has 0 spiro atoms. The molecule has 1 fully saturated rings. The molecule has 0 saturated carbocycles. The summed E-state index contributed by atoms with van der Waals surface area (Å²) in [5, 5.41) is 16.2. The van der Waals surface area contributed by atoms with Gasteiger partial charge in [0.1, 0.15) is 5.82 Å². The summed E-state index contributed by atoms with van der Waals surface area (Å²) >= 11 is 1.54. The van der Waals surface area contributed by atoms with Crippen molar-refractivity contribution >= 4 is 17.0 Å². The fraction of sp³-hybridized carbons (Fsp3) is 0.333. The third kappa shape index (κ3) is 3.01. The van der Waals surface area contributed by atoms with Crippen LogP contribution in [0.2, 0.25) is 0 Å². The Hall–Kier alpha value is -1.83. The Bertz CT molecular complexity index is 657. The molecule has 1 aromatic carbocycles. The second-order valence-corrected chi connectivity index (χ2v) is 6.15.